The zero-order valence-corrected chi connectivity index (χ0v) is 10.3. The summed E-state index contributed by atoms with van der Waals surface area (Å²) in [7, 11) is 0. The lowest BCUT2D eigenvalue weighted by Gasteiger charge is -2.27. The third kappa shape index (κ3) is 2.76. The van der Waals surface area contributed by atoms with Crippen LogP contribution in [-0.2, 0) is 15.2 Å². The van der Waals surface area contributed by atoms with Gasteiger partial charge in [-0.25, -0.2) is 0 Å². The first-order valence-corrected chi connectivity index (χ1v) is 6.06. The van der Waals surface area contributed by atoms with E-state index in [0.717, 1.165) is 5.56 Å². The first-order valence-electron chi connectivity index (χ1n) is 6.06. The van der Waals surface area contributed by atoms with Gasteiger partial charge in [0.15, 0.2) is 0 Å². The van der Waals surface area contributed by atoms with E-state index >= 15 is 0 Å². The summed E-state index contributed by atoms with van der Waals surface area (Å²) in [4.78, 5) is 22.5. The summed E-state index contributed by atoms with van der Waals surface area (Å²) in [5.41, 5.74) is -0.333. The molecule has 0 aliphatic heterocycles. The van der Waals surface area contributed by atoms with Crippen LogP contribution in [0.4, 0.5) is 0 Å². The van der Waals surface area contributed by atoms with Gasteiger partial charge in [-0.2, -0.15) is 0 Å². The molecule has 0 radical (unpaired) electrons. The van der Waals surface area contributed by atoms with Crippen LogP contribution < -0.4 is 5.32 Å². The van der Waals surface area contributed by atoms with Gasteiger partial charge in [-0.15, -0.1) is 0 Å². The Morgan fingerprint density at radius 1 is 1.39 bits per heavy atom. The van der Waals surface area contributed by atoms with Crippen molar-refractivity contribution in [2.45, 2.75) is 25.4 Å². The molecule has 1 saturated carbocycles. The predicted molar refractivity (Wildman–Crippen MR) is 66.8 cm³/mol. The Bertz CT molecular complexity index is 445. The first-order chi connectivity index (χ1) is 8.49. The van der Waals surface area contributed by atoms with Crippen molar-refractivity contribution in [2.75, 3.05) is 6.54 Å². The van der Waals surface area contributed by atoms with Crippen LogP contribution in [0.5, 0.6) is 0 Å². The van der Waals surface area contributed by atoms with Gasteiger partial charge in [0.25, 0.3) is 0 Å². The van der Waals surface area contributed by atoms with Crippen molar-refractivity contribution in [2.24, 2.45) is 5.92 Å². The molecule has 4 heteroatoms. The molecule has 4 nitrogen and oxygen atoms in total. The molecular formula is C14H17NO3. The third-order valence-corrected chi connectivity index (χ3v) is 3.32. The molecule has 0 saturated heterocycles. The van der Waals surface area contributed by atoms with E-state index in [0.29, 0.717) is 12.8 Å². The zero-order valence-electron chi connectivity index (χ0n) is 10.3. The molecule has 2 N–H and O–H groups in total. The van der Waals surface area contributed by atoms with E-state index in [9.17, 15) is 14.7 Å². The van der Waals surface area contributed by atoms with Gasteiger partial charge in [0.1, 0.15) is 11.4 Å². The molecule has 0 heterocycles. The van der Waals surface area contributed by atoms with E-state index in [1.165, 1.54) is 0 Å². The van der Waals surface area contributed by atoms with E-state index in [4.69, 9.17) is 0 Å². The number of Topliss-reactive ketones (excluding diaryl/α,β-unsaturated/α-hetero) is 1. The normalized spacial score (nSPS) is 18.9. The number of hydrogen-bond acceptors (Lipinski definition) is 3. The molecule has 1 amide bonds. The molecular weight excluding hydrogens is 230 g/mol. The Balaban J connectivity index is 1.89. The summed E-state index contributed by atoms with van der Waals surface area (Å²) >= 11 is 0. The third-order valence-electron chi connectivity index (χ3n) is 3.32. The maximum atomic E-state index is 11.7. The molecule has 1 aromatic rings. The number of ketones is 1. The van der Waals surface area contributed by atoms with Crippen molar-refractivity contribution in [3.63, 3.8) is 0 Å². The summed E-state index contributed by atoms with van der Waals surface area (Å²) in [6.45, 7) is 1.81. The molecule has 1 unspecified atom stereocenters. The molecule has 2 rings (SSSR count). The fraction of sp³-hybridized carbons (Fsp3) is 0.429. The smallest absolute Gasteiger partial charge is 0.224 e. The minimum absolute atomic E-state index is 0.130. The van der Waals surface area contributed by atoms with Gasteiger partial charge >= 0.3 is 0 Å². The highest BCUT2D eigenvalue weighted by atomic mass is 16.3. The SMILES string of the molecule is CC(O)(CNC(=O)C1CC(=O)C1)c1ccccc1. The highest BCUT2D eigenvalue weighted by Gasteiger charge is 2.33. The van der Waals surface area contributed by atoms with Crippen molar-refractivity contribution in [1.82, 2.24) is 5.32 Å². The molecule has 1 aromatic carbocycles. The number of rotatable bonds is 4. The second-order valence-corrected chi connectivity index (χ2v) is 5.00. The molecule has 96 valence electrons. The van der Waals surface area contributed by atoms with Gasteiger partial charge in [-0.05, 0) is 12.5 Å². The van der Waals surface area contributed by atoms with Crippen LogP contribution >= 0.6 is 0 Å². The average Bonchev–Trinajstić information content (AvgIpc) is 2.33. The van der Waals surface area contributed by atoms with Crippen LogP contribution in [0.25, 0.3) is 0 Å². The topological polar surface area (TPSA) is 66.4 Å². The van der Waals surface area contributed by atoms with Gasteiger partial charge in [0, 0.05) is 12.8 Å². The number of nitrogens with one attached hydrogen (secondary N) is 1. The minimum atomic E-state index is -1.09. The summed E-state index contributed by atoms with van der Waals surface area (Å²) in [5, 5.41) is 13.0. The van der Waals surface area contributed by atoms with Gasteiger partial charge in [-0.1, -0.05) is 30.3 Å². The van der Waals surface area contributed by atoms with Crippen LogP contribution in [0.1, 0.15) is 25.3 Å². The highest BCUT2D eigenvalue weighted by Crippen LogP contribution is 2.24. The van der Waals surface area contributed by atoms with Crippen LogP contribution in [0.2, 0.25) is 0 Å². The monoisotopic (exact) mass is 247 g/mol. The molecule has 1 fully saturated rings. The fourth-order valence-electron chi connectivity index (χ4n) is 1.98. The Kier molecular flexibility index (Phi) is 3.48. The van der Waals surface area contributed by atoms with Crippen molar-refractivity contribution in [3.8, 4) is 0 Å². The molecule has 0 bridgehead atoms. The lowest BCUT2D eigenvalue weighted by molar-refractivity contribution is -0.138. The van der Waals surface area contributed by atoms with Gasteiger partial charge in [0.2, 0.25) is 5.91 Å². The average molecular weight is 247 g/mol. The van der Waals surface area contributed by atoms with Gasteiger partial charge < -0.3 is 10.4 Å². The molecule has 1 atom stereocenters. The molecule has 0 spiro atoms. The Morgan fingerprint density at radius 2 is 2.00 bits per heavy atom. The maximum Gasteiger partial charge on any atom is 0.224 e. The predicted octanol–water partition coefficient (Wildman–Crippen LogP) is 0.989. The molecule has 1 aliphatic carbocycles. The summed E-state index contributed by atoms with van der Waals surface area (Å²) < 4.78 is 0. The number of aliphatic hydroxyl groups is 1. The van der Waals surface area contributed by atoms with E-state index < -0.39 is 5.60 Å². The molecule has 18 heavy (non-hydrogen) atoms. The van der Waals surface area contributed by atoms with Crippen LogP contribution in [0, 0.1) is 5.92 Å². The summed E-state index contributed by atoms with van der Waals surface area (Å²) in [6, 6.07) is 9.20. The summed E-state index contributed by atoms with van der Waals surface area (Å²) in [5.74, 6) is -0.222. The first kappa shape index (κ1) is 12.8. The quantitative estimate of drug-likeness (QED) is 0.833. The second kappa shape index (κ2) is 4.90. The van der Waals surface area contributed by atoms with Crippen LogP contribution in [0.3, 0.4) is 0 Å². The van der Waals surface area contributed by atoms with Crippen LogP contribution in [0.15, 0.2) is 30.3 Å². The standard InChI is InChI=1S/C14H17NO3/c1-14(18,11-5-3-2-4-6-11)9-15-13(17)10-7-12(16)8-10/h2-6,10,18H,7-9H2,1H3,(H,15,17). The Hall–Kier alpha value is -1.68. The van der Waals surface area contributed by atoms with Crippen LogP contribution in [-0.4, -0.2) is 23.3 Å². The van der Waals surface area contributed by atoms with Crippen molar-refractivity contribution in [1.29, 1.82) is 0 Å². The van der Waals surface area contributed by atoms with E-state index in [-0.39, 0.29) is 24.2 Å². The van der Waals surface area contributed by atoms with Crippen molar-refractivity contribution in [3.05, 3.63) is 35.9 Å². The fourth-order valence-corrected chi connectivity index (χ4v) is 1.98. The van der Waals surface area contributed by atoms with Crippen molar-refractivity contribution < 1.29 is 14.7 Å². The highest BCUT2D eigenvalue weighted by molar-refractivity contribution is 5.96. The van der Waals surface area contributed by atoms with Crippen molar-refractivity contribution >= 4 is 11.7 Å². The molecule has 1 aliphatic rings. The lowest BCUT2D eigenvalue weighted by atomic mass is 9.83. The number of carbonyl (C=O) groups excluding carboxylic acids is 2. The lowest BCUT2D eigenvalue weighted by Crippen LogP contribution is -2.44. The van der Waals surface area contributed by atoms with Gasteiger partial charge in [0.05, 0.1) is 12.5 Å². The largest absolute Gasteiger partial charge is 0.384 e. The van der Waals surface area contributed by atoms with E-state index in [1.807, 2.05) is 30.3 Å². The number of carbonyl (C=O) groups is 2. The molecule has 0 aromatic heterocycles. The van der Waals surface area contributed by atoms with E-state index in [1.54, 1.807) is 6.92 Å². The number of hydrogen-bond donors (Lipinski definition) is 2. The zero-order chi connectivity index (χ0) is 13.2. The number of amides is 1. The Morgan fingerprint density at radius 3 is 2.56 bits per heavy atom. The van der Waals surface area contributed by atoms with E-state index in [2.05, 4.69) is 5.32 Å². The second-order valence-electron chi connectivity index (χ2n) is 5.00. The summed E-state index contributed by atoms with van der Waals surface area (Å²) in [6.07, 6.45) is 0.665. The van der Waals surface area contributed by atoms with Gasteiger partial charge in [-0.3, -0.25) is 9.59 Å². The minimum Gasteiger partial charge on any atom is -0.384 e. The number of benzene rings is 1. The maximum absolute atomic E-state index is 11.7. The Labute approximate surface area is 106 Å².